The van der Waals surface area contributed by atoms with Crippen molar-refractivity contribution in [3.63, 3.8) is 0 Å². The highest BCUT2D eigenvalue weighted by Gasteiger charge is 2.22. The standard InChI is InChI=1S/C16H18/c1-11-9-12(2)16-14(10-11)8-7-13-5-3-4-6-15(13)16/h3-8,11-12H,9-10H2,1-2H3/t11-,12+/m1/s1. The van der Waals surface area contributed by atoms with Crippen LogP contribution in [0.15, 0.2) is 36.4 Å². The summed E-state index contributed by atoms with van der Waals surface area (Å²) in [5.41, 5.74) is 3.18. The van der Waals surface area contributed by atoms with Gasteiger partial charge in [0.05, 0.1) is 0 Å². The summed E-state index contributed by atoms with van der Waals surface area (Å²) in [5.74, 6) is 1.55. The molecule has 2 aromatic rings. The summed E-state index contributed by atoms with van der Waals surface area (Å²) in [6.45, 7) is 4.75. The van der Waals surface area contributed by atoms with E-state index in [4.69, 9.17) is 0 Å². The van der Waals surface area contributed by atoms with Gasteiger partial charge in [0.25, 0.3) is 0 Å². The van der Waals surface area contributed by atoms with Gasteiger partial charge in [-0.2, -0.15) is 0 Å². The molecule has 0 heteroatoms. The molecule has 0 N–H and O–H groups in total. The summed E-state index contributed by atoms with van der Waals surface area (Å²) in [6, 6.07) is 13.4. The fraction of sp³-hybridized carbons (Fsp3) is 0.375. The number of rotatable bonds is 0. The van der Waals surface area contributed by atoms with Gasteiger partial charge in [0, 0.05) is 0 Å². The van der Waals surface area contributed by atoms with Gasteiger partial charge in [-0.25, -0.2) is 0 Å². The molecule has 0 unspecified atom stereocenters. The topological polar surface area (TPSA) is 0 Å². The van der Waals surface area contributed by atoms with Gasteiger partial charge in [0.15, 0.2) is 0 Å². The van der Waals surface area contributed by atoms with Gasteiger partial charge in [0.1, 0.15) is 0 Å². The highest BCUT2D eigenvalue weighted by Crippen LogP contribution is 2.38. The Labute approximate surface area is 97.3 Å². The van der Waals surface area contributed by atoms with Gasteiger partial charge in [-0.15, -0.1) is 0 Å². The van der Waals surface area contributed by atoms with Crippen LogP contribution in [0.4, 0.5) is 0 Å². The van der Waals surface area contributed by atoms with Crippen LogP contribution in [0, 0.1) is 5.92 Å². The second kappa shape index (κ2) is 3.62. The van der Waals surface area contributed by atoms with Gasteiger partial charge in [0.2, 0.25) is 0 Å². The predicted molar refractivity (Wildman–Crippen MR) is 69.8 cm³/mol. The smallest absolute Gasteiger partial charge is 0.0146 e. The van der Waals surface area contributed by atoms with Crippen LogP contribution in [0.5, 0.6) is 0 Å². The van der Waals surface area contributed by atoms with E-state index in [-0.39, 0.29) is 0 Å². The molecule has 0 aliphatic heterocycles. The molecule has 0 bridgehead atoms. The first kappa shape index (κ1) is 9.89. The summed E-state index contributed by atoms with van der Waals surface area (Å²) in [5, 5.41) is 2.86. The van der Waals surface area contributed by atoms with Crippen molar-refractivity contribution in [1.82, 2.24) is 0 Å². The molecule has 16 heavy (non-hydrogen) atoms. The van der Waals surface area contributed by atoms with Crippen LogP contribution in [0.2, 0.25) is 0 Å². The Morgan fingerprint density at radius 1 is 1.00 bits per heavy atom. The van der Waals surface area contributed by atoms with E-state index in [1.54, 1.807) is 11.1 Å². The molecule has 0 saturated heterocycles. The fourth-order valence-electron chi connectivity index (χ4n) is 3.28. The Morgan fingerprint density at radius 2 is 1.81 bits per heavy atom. The molecule has 0 nitrogen and oxygen atoms in total. The number of hydrogen-bond donors (Lipinski definition) is 0. The monoisotopic (exact) mass is 210 g/mol. The molecule has 1 aliphatic rings. The lowest BCUT2D eigenvalue weighted by Gasteiger charge is -2.28. The van der Waals surface area contributed by atoms with Crippen molar-refractivity contribution in [2.75, 3.05) is 0 Å². The van der Waals surface area contributed by atoms with Crippen LogP contribution in [0.1, 0.15) is 37.3 Å². The van der Waals surface area contributed by atoms with Gasteiger partial charge < -0.3 is 0 Å². The van der Waals surface area contributed by atoms with Crippen LogP contribution in [-0.4, -0.2) is 0 Å². The molecule has 3 rings (SSSR count). The third kappa shape index (κ3) is 1.44. The van der Waals surface area contributed by atoms with Crippen LogP contribution in [-0.2, 0) is 6.42 Å². The number of benzene rings is 2. The maximum Gasteiger partial charge on any atom is -0.0146 e. The fourth-order valence-corrected chi connectivity index (χ4v) is 3.28. The maximum absolute atomic E-state index is 2.38. The number of hydrogen-bond acceptors (Lipinski definition) is 0. The lowest BCUT2D eigenvalue weighted by atomic mass is 9.76. The summed E-state index contributed by atoms with van der Waals surface area (Å²) >= 11 is 0. The van der Waals surface area contributed by atoms with Crippen molar-refractivity contribution in [1.29, 1.82) is 0 Å². The second-order valence-electron chi connectivity index (χ2n) is 5.31. The van der Waals surface area contributed by atoms with E-state index >= 15 is 0 Å². The summed E-state index contributed by atoms with van der Waals surface area (Å²) < 4.78 is 0. The highest BCUT2D eigenvalue weighted by molar-refractivity contribution is 5.87. The van der Waals surface area contributed by atoms with Crippen molar-refractivity contribution in [3.8, 4) is 0 Å². The zero-order chi connectivity index (χ0) is 11.1. The van der Waals surface area contributed by atoms with E-state index in [0.717, 1.165) is 5.92 Å². The van der Waals surface area contributed by atoms with Crippen LogP contribution < -0.4 is 0 Å². The van der Waals surface area contributed by atoms with Crippen molar-refractivity contribution in [3.05, 3.63) is 47.5 Å². The Morgan fingerprint density at radius 3 is 2.69 bits per heavy atom. The van der Waals surface area contributed by atoms with E-state index in [1.807, 2.05) is 0 Å². The summed E-state index contributed by atoms with van der Waals surface area (Å²) in [6.07, 6.45) is 2.59. The molecule has 0 fully saturated rings. The first-order chi connectivity index (χ1) is 7.75. The molecular weight excluding hydrogens is 192 g/mol. The van der Waals surface area contributed by atoms with E-state index in [1.165, 1.54) is 23.6 Å². The van der Waals surface area contributed by atoms with Gasteiger partial charge in [-0.3, -0.25) is 0 Å². The average Bonchev–Trinajstić information content (AvgIpc) is 2.28. The van der Waals surface area contributed by atoms with Crippen molar-refractivity contribution in [2.45, 2.75) is 32.6 Å². The van der Waals surface area contributed by atoms with Crippen molar-refractivity contribution < 1.29 is 0 Å². The van der Waals surface area contributed by atoms with Gasteiger partial charge in [-0.1, -0.05) is 50.2 Å². The second-order valence-corrected chi connectivity index (χ2v) is 5.31. The van der Waals surface area contributed by atoms with Crippen molar-refractivity contribution in [2.24, 2.45) is 5.92 Å². The molecule has 0 saturated carbocycles. The van der Waals surface area contributed by atoms with Gasteiger partial charge in [-0.05, 0) is 46.6 Å². The average molecular weight is 210 g/mol. The zero-order valence-electron chi connectivity index (χ0n) is 10.0. The first-order valence-corrected chi connectivity index (χ1v) is 6.26. The molecule has 0 spiro atoms. The molecule has 2 atom stereocenters. The van der Waals surface area contributed by atoms with E-state index < -0.39 is 0 Å². The third-order valence-electron chi connectivity index (χ3n) is 3.88. The normalized spacial score (nSPS) is 24.4. The van der Waals surface area contributed by atoms with Crippen LogP contribution in [0.25, 0.3) is 10.8 Å². The quantitative estimate of drug-likeness (QED) is 0.599. The highest BCUT2D eigenvalue weighted by atomic mass is 14.3. The zero-order valence-corrected chi connectivity index (χ0v) is 10.0. The number of fused-ring (bicyclic) bond motifs is 3. The summed E-state index contributed by atoms with van der Waals surface area (Å²) in [4.78, 5) is 0. The Kier molecular flexibility index (Phi) is 2.24. The minimum Gasteiger partial charge on any atom is -0.0622 e. The van der Waals surface area contributed by atoms with Gasteiger partial charge >= 0.3 is 0 Å². The lowest BCUT2D eigenvalue weighted by Crippen LogP contribution is -2.14. The molecular formula is C16H18. The van der Waals surface area contributed by atoms with Crippen LogP contribution >= 0.6 is 0 Å². The largest absolute Gasteiger partial charge is 0.0622 e. The van der Waals surface area contributed by atoms with E-state index in [0.29, 0.717) is 5.92 Å². The van der Waals surface area contributed by atoms with E-state index in [2.05, 4.69) is 50.2 Å². The summed E-state index contributed by atoms with van der Waals surface area (Å²) in [7, 11) is 0. The molecule has 82 valence electrons. The Hall–Kier alpha value is -1.30. The minimum absolute atomic E-state index is 0.713. The van der Waals surface area contributed by atoms with E-state index in [9.17, 15) is 0 Å². The first-order valence-electron chi connectivity index (χ1n) is 6.26. The van der Waals surface area contributed by atoms with Crippen molar-refractivity contribution >= 4 is 10.8 Å². The maximum atomic E-state index is 2.38. The van der Waals surface area contributed by atoms with Crippen LogP contribution in [0.3, 0.4) is 0 Å². The predicted octanol–water partition coefficient (Wildman–Crippen LogP) is 4.53. The minimum atomic E-state index is 0.713. The molecule has 1 aliphatic carbocycles. The Balaban J connectivity index is 2.29. The molecule has 0 radical (unpaired) electrons. The molecule has 0 heterocycles. The third-order valence-corrected chi connectivity index (χ3v) is 3.88. The molecule has 2 aromatic carbocycles. The Bertz CT molecular complexity index is 525. The molecule has 0 amide bonds. The molecule has 0 aromatic heterocycles. The lowest BCUT2D eigenvalue weighted by molar-refractivity contribution is 0.452. The SMILES string of the molecule is C[C@H]1Cc2ccc3ccccc3c2[C@@H](C)C1.